The van der Waals surface area contributed by atoms with E-state index in [4.69, 9.17) is 4.74 Å². The van der Waals surface area contributed by atoms with Gasteiger partial charge in [0, 0.05) is 0 Å². The van der Waals surface area contributed by atoms with Crippen molar-refractivity contribution < 1.29 is 4.74 Å². The second kappa shape index (κ2) is 5.46. The van der Waals surface area contributed by atoms with E-state index in [1.807, 2.05) is 42.6 Å². The predicted molar refractivity (Wildman–Crippen MR) is 80.6 cm³/mol. The van der Waals surface area contributed by atoms with Crippen LogP contribution in [-0.2, 0) is 6.54 Å². The standard InChI is InChI=1S/C15H14N2O2S/c1-11-4-2-3-5-13(11)19-8-7-17-10-16-12-6-9-20-14(12)15(17)18/h2-6,9-10H,7-8H2,1H3. The lowest BCUT2D eigenvalue weighted by Gasteiger charge is -2.09. The summed E-state index contributed by atoms with van der Waals surface area (Å²) < 4.78 is 8.00. The molecule has 1 aromatic carbocycles. The van der Waals surface area contributed by atoms with E-state index in [0.717, 1.165) is 16.8 Å². The minimum absolute atomic E-state index is 0.00150. The molecule has 0 spiro atoms. The maximum Gasteiger partial charge on any atom is 0.271 e. The molecule has 3 rings (SSSR count). The Kier molecular flexibility index (Phi) is 3.52. The monoisotopic (exact) mass is 286 g/mol. The lowest BCUT2D eigenvalue weighted by atomic mass is 10.2. The van der Waals surface area contributed by atoms with Crippen LogP contribution in [0, 0.1) is 6.92 Å². The first kappa shape index (κ1) is 12.9. The fourth-order valence-electron chi connectivity index (χ4n) is 2.01. The molecule has 0 bridgehead atoms. The Balaban J connectivity index is 1.73. The van der Waals surface area contributed by atoms with Crippen LogP contribution in [-0.4, -0.2) is 16.2 Å². The van der Waals surface area contributed by atoms with Crippen LogP contribution in [0.15, 0.2) is 46.8 Å². The minimum Gasteiger partial charge on any atom is -0.491 e. The Morgan fingerprint density at radius 2 is 2.15 bits per heavy atom. The Morgan fingerprint density at radius 1 is 1.30 bits per heavy atom. The highest BCUT2D eigenvalue weighted by atomic mass is 32.1. The Labute approximate surface area is 120 Å². The van der Waals surface area contributed by atoms with Crippen molar-refractivity contribution in [3.05, 3.63) is 58.0 Å². The zero-order valence-corrected chi connectivity index (χ0v) is 11.9. The van der Waals surface area contributed by atoms with E-state index in [-0.39, 0.29) is 5.56 Å². The highest BCUT2D eigenvalue weighted by Crippen LogP contribution is 2.16. The summed E-state index contributed by atoms with van der Waals surface area (Å²) in [5.74, 6) is 0.853. The molecular weight excluding hydrogens is 272 g/mol. The normalized spacial score (nSPS) is 10.8. The number of nitrogens with zero attached hydrogens (tertiary/aromatic N) is 2. The van der Waals surface area contributed by atoms with Crippen LogP contribution in [0.3, 0.4) is 0 Å². The fourth-order valence-corrected chi connectivity index (χ4v) is 2.80. The zero-order valence-electron chi connectivity index (χ0n) is 11.1. The molecule has 0 amide bonds. The molecule has 20 heavy (non-hydrogen) atoms. The zero-order chi connectivity index (χ0) is 13.9. The Bertz CT molecular complexity index is 792. The van der Waals surface area contributed by atoms with E-state index >= 15 is 0 Å². The van der Waals surface area contributed by atoms with E-state index < -0.39 is 0 Å². The van der Waals surface area contributed by atoms with Gasteiger partial charge in [-0.2, -0.15) is 0 Å². The first-order valence-electron chi connectivity index (χ1n) is 6.37. The first-order valence-corrected chi connectivity index (χ1v) is 7.25. The quantitative estimate of drug-likeness (QED) is 0.741. The van der Waals surface area contributed by atoms with Crippen molar-refractivity contribution in [1.29, 1.82) is 0 Å². The SMILES string of the molecule is Cc1ccccc1OCCn1cnc2ccsc2c1=O. The highest BCUT2D eigenvalue weighted by Gasteiger charge is 2.05. The molecule has 0 radical (unpaired) electrons. The molecule has 3 aromatic rings. The fraction of sp³-hybridized carbons (Fsp3) is 0.200. The lowest BCUT2D eigenvalue weighted by molar-refractivity contribution is 0.294. The molecule has 2 aromatic heterocycles. The summed E-state index contributed by atoms with van der Waals surface area (Å²) in [6.45, 7) is 2.94. The third-order valence-electron chi connectivity index (χ3n) is 3.12. The van der Waals surface area contributed by atoms with Crippen LogP contribution in [0.2, 0.25) is 0 Å². The molecular formula is C15H14N2O2S. The van der Waals surface area contributed by atoms with Gasteiger partial charge < -0.3 is 4.74 Å². The van der Waals surface area contributed by atoms with Gasteiger partial charge in [0.2, 0.25) is 0 Å². The summed E-state index contributed by atoms with van der Waals surface area (Å²) in [5, 5.41) is 1.88. The van der Waals surface area contributed by atoms with Gasteiger partial charge >= 0.3 is 0 Å². The molecule has 2 heterocycles. The molecule has 0 aliphatic rings. The maximum atomic E-state index is 12.2. The summed E-state index contributed by atoms with van der Waals surface area (Å²) in [5.41, 5.74) is 1.85. The number of rotatable bonds is 4. The van der Waals surface area contributed by atoms with Gasteiger partial charge in [-0.15, -0.1) is 11.3 Å². The third-order valence-corrected chi connectivity index (χ3v) is 4.01. The average Bonchev–Trinajstić information content (AvgIpc) is 2.93. The molecule has 0 aliphatic heterocycles. The Morgan fingerprint density at radius 3 is 3.00 bits per heavy atom. The number of aromatic nitrogens is 2. The number of aryl methyl sites for hydroxylation is 1. The molecule has 0 aliphatic carbocycles. The molecule has 0 unspecified atom stereocenters. The molecule has 0 saturated heterocycles. The number of hydrogen-bond acceptors (Lipinski definition) is 4. The minimum atomic E-state index is -0.00150. The van der Waals surface area contributed by atoms with E-state index in [0.29, 0.717) is 17.9 Å². The van der Waals surface area contributed by atoms with Crippen molar-refractivity contribution in [3.8, 4) is 5.75 Å². The Hall–Kier alpha value is -2.14. The molecule has 0 N–H and O–H groups in total. The molecule has 0 atom stereocenters. The summed E-state index contributed by atoms with van der Waals surface area (Å²) in [6, 6.07) is 9.70. The van der Waals surface area contributed by atoms with Gasteiger partial charge in [-0.3, -0.25) is 9.36 Å². The van der Waals surface area contributed by atoms with Crippen molar-refractivity contribution >= 4 is 21.6 Å². The largest absolute Gasteiger partial charge is 0.491 e. The van der Waals surface area contributed by atoms with E-state index in [1.165, 1.54) is 11.3 Å². The van der Waals surface area contributed by atoms with Gasteiger partial charge in [-0.25, -0.2) is 4.98 Å². The number of para-hydroxylation sites is 1. The molecule has 0 fully saturated rings. The van der Waals surface area contributed by atoms with Crippen molar-refractivity contribution in [2.75, 3.05) is 6.61 Å². The van der Waals surface area contributed by atoms with Crippen LogP contribution in [0.1, 0.15) is 5.56 Å². The summed E-state index contributed by atoms with van der Waals surface area (Å²) in [7, 11) is 0. The molecule has 0 saturated carbocycles. The van der Waals surface area contributed by atoms with E-state index in [2.05, 4.69) is 4.98 Å². The summed E-state index contributed by atoms with van der Waals surface area (Å²) in [6.07, 6.45) is 1.58. The third kappa shape index (κ3) is 2.44. The van der Waals surface area contributed by atoms with Gasteiger partial charge in [-0.05, 0) is 30.0 Å². The van der Waals surface area contributed by atoms with Crippen LogP contribution in [0.5, 0.6) is 5.75 Å². The number of benzene rings is 1. The van der Waals surface area contributed by atoms with Gasteiger partial charge in [-0.1, -0.05) is 18.2 Å². The summed E-state index contributed by atoms with van der Waals surface area (Å²) >= 11 is 1.42. The summed E-state index contributed by atoms with van der Waals surface area (Å²) in [4.78, 5) is 16.4. The van der Waals surface area contributed by atoms with Gasteiger partial charge in [0.15, 0.2) is 0 Å². The second-order valence-electron chi connectivity index (χ2n) is 4.49. The number of ether oxygens (including phenoxy) is 1. The van der Waals surface area contributed by atoms with Crippen LogP contribution < -0.4 is 10.3 Å². The second-order valence-corrected chi connectivity index (χ2v) is 5.41. The van der Waals surface area contributed by atoms with E-state index in [9.17, 15) is 4.79 Å². The average molecular weight is 286 g/mol. The lowest BCUT2D eigenvalue weighted by Crippen LogP contribution is -2.22. The molecule has 4 nitrogen and oxygen atoms in total. The van der Waals surface area contributed by atoms with Gasteiger partial charge in [0.05, 0.1) is 18.4 Å². The van der Waals surface area contributed by atoms with Gasteiger partial charge in [0.1, 0.15) is 17.1 Å². The van der Waals surface area contributed by atoms with Crippen LogP contribution in [0.25, 0.3) is 10.2 Å². The van der Waals surface area contributed by atoms with Crippen molar-refractivity contribution in [1.82, 2.24) is 9.55 Å². The smallest absolute Gasteiger partial charge is 0.271 e. The maximum absolute atomic E-state index is 12.2. The van der Waals surface area contributed by atoms with Crippen molar-refractivity contribution in [3.63, 3.8) is 0 Å². The topological polar surface area (TPSA) is 44.1 Å². The first-order chi connectivity index (χ1) is 9.75. The van der Waals surface area contributed by atoms with Crippen molar-refractivity contribution in [2.24, 2.45) is 0 Å². The van der Waals surface area contributed by atoms with Crippen LogP contribution >= 0.6 is 11.3 Å². The van der Waals surface area contributed by atoms with Gasteiger partial charge in [0.25, 0.3) is 5.56 Å². The number of hydrogen-bond donors (Lipinski definition) is 0. The highest BCUT2D eigenvalue weighted by molar-refractivity contribution is 7.17. The van der Waals surface area contributed by atoms with Crippen molar-refractivity contribution in [2.45, 2.75) is 13.5 Å². The molecule has 5 heteroatoms. The van der Waals surface area contributed by atoms with E-state index in [1.54, 1.807) is 10.9 Å². The molecule has 102 valence electrons. The number of fused-ring (bicyclic) bond motifs is 1. The van der Waals surface area contributed by atoms with Crippen LogP contribution in [0.4, 0.5) is 0 Å². The number of thiophene rings is 1. The predicted octanol–water partition coefficient (Wildman–Crippen LogP) is 2.85.